The summed E-state index contributed by atoms with van der Waals surface area (Å²) in [4.78, 5) is 0. The van der Waals surface area contributed by atoms with Gasteiger partial charge in [0.25, 0.3) is 0 Å². The molecule has 4 nitrogen and oxygen atoms in total. The molecule has 74 valence electrons. The van der Waals surface area contributed by atoms with Crippen LogP contribution in [-0.4, -0.2) is 26.9 Å². The predicted octanol–water partition coefficient (Wildman–Crippen LogP) is 2.67. The molecule has 0 atom stereocenters. The number of hydrogen-bond acceptors (Lipinski definition) is 4. The van der Waals surface area contributed by atoms with Gasteiger partial charge >= 0.3 is 7.74 Å². The van der Waals surface area contributed by atoms with Crippen molar-refractivity contribution in [1.82, 2.24) is 0 Å². The van der Waals surface area contributed by atoms with E-state index in [0.29, 0.717) is 19.8 Å². The Hall–Kier alpha value is 0.110. The van der Waals surface area contributed by atoms with Crippen LogP contribution in [0.25, 0.3) is 0 Å². The molecule has 0 aromatic rings. The van der Waals surface area contributed by atoms with Gasteiger partial charge in [-0.05, 0) is 20.8 Å². The zero-order valence-corrected chi connectivity index (χ0v) is 9.13. The normalized spacial score (nSPS) is 11.7. The minimum atomic E-state index is -2.35. The van der Waals surface area contributed by atoms with Gasteiger partial charge in [-0.15, -0.1) is 0 Å². The van der Waals surface area contributed by atoms with Crippen molar-refractivity contribution in [3.8, 4) is 0 Å². The van der Waals surface area contributed by atoms with Crippen molar-refractivity contribution in [3.63, 3.8) is 0 Å². The lowest BCUT2D eigenvalue weighted by Gasteiger charge is -2.20. The van der Waals surface area contributed by atoms with E-state index in [9.17, 15) is 0 Å². The molecular formula is C7H18NO3P. The first-order valence-electron chi connectivity index (χ1n) is 4.18. The molecule has 0 saturated heterocycles. The van der Waals surface area contributed by atoms with Crippen molar-refractivity contribution in [3.05, 3.63) is 0 Å². The Bertz CT molecular complexity index is 137. The van der Waals surface area contributed by atoms with Crippen molar-refractivity contribution in [1.29, 1.82) is 0 Å². The third-order valence-corrected chi connectivity index (χ3v) is 3.37. The molecule has 0 spiro atoms. The highest BCUT2D eigenvalue weighted by Crippen LogP contribution is 2.52. The summed E-state index contributed by atoms with van der Waals surface area (Å²) in [7, 11) is -0.691. The predicted molar refractivity (Wildman–Crippen MR) is 50.2 cm³/mol. The Labute approximate surface area is 74.5 Å². The zero-order chi connectivity index (χ0) is 9.45. The molecule has 0 aliphatic rings. The molecule has 12 heavy (non-hydrogen) atoms. The maximum atomic E-state index is 5.36. The van der Waals surface area contributed by atoms with Crippen LogP contribution in [0.5, 0.6) is 0 Å². The van der Waals surface area contributed by atoms with Gasteiger partial charge in [-0.1, -0.05) is 0 Å². The van der Waals surface area contributed by atoms with Crippen LogP contribution >= 0.6 is 7.74 Å². The highest BCUT2D eigenvalue weighted by atomic mass is 31.2. The third kappa shape index (κ3) is 3.68. The van der Waals surface area contributed by atoms with Crippen LogP contribution in [0.2, 0.25) is 0 Å². The molecule has 0 aliphatic heterocycles. The van der Waals surface area contributed by atoms with E-state index in [2.05, 4.69) is 4.74 Å². The van der Waals surface area contributed by atoms with Gasteiger partial charge < -0.3 is 13.6 Å². The first-order chi connectivity index (χ1) is 5.74. The fourth-order valence-corrected chi connectivity index (χ4v) is 2.32. The first-order valence-corrected chi connectivity index (χ1v) is 5.68. The van der Waals surface area contributed by atoms with Crippen molar-refractivity contribution >= 4 is 7.74 Å². The van der Waals surface area contributed by atoms with E-state index in [1.54, 1.807) is 7.05 Å². The fourth-order valence-electron chi connectivity index (χ4n) is 0.774. The molecule has 0 heterocycles. The van der Waals surface area contributed by atoms with Crippen molar-refractivity contribution in [2.24, 2.45) is 4.74 Å². The standard InChI is InChI=1S/C7H18NO3P/c1-5-9-12(8-4,10-6-2)11-7-3/h5-7H2,1-4H3. The Balaban J connectivity index is 4.30. The highest BCUT2D eigenvalue weighted by molar-refractivity contribution is 7.51. The molecule has 0 aliphatic carbocycles. The topological polar surface area (TPSA) is 40.0 Å². The molecule has 0 fully saturated rings. The van der Waals surface area contributed by atoms with Crippen molar-refractivity contribution in [2.75, 3.05) is 26.9 Å². The lowest BCUT2D eigenvalue weighted by atomic mass is 10.9. The molecule has 0 saturated carbocycles. The van der Waals surface area contributed by atoms with Gasteiger partial charge in [-0.25, -0.2) is 4.74 Å². The van der Waals surface area contributed by atoms with E-state index in [4.69, 9.17) is 13.6 Å². The lowest BCUT2D eigenvalue weighted by Crippen LogP contribution is -2.00. The van der Waals surface area contributed by atoms with Crippen LogP contribution < -0.4 is 0 Å². The third-order valence-electron chi connectivity index (χ3n) is 1.12. The SMILES string of the molecule is CCOP(=NC)(OCC)OCC. The second-order valence-electron chi connectivity index (χ2n) is 1.92. The minimum absolute atomic E-state index is 0.561. The largest absolute Gasteiger partial charge is 0.355 e. The summed E-state index contributed by atoms with van der Waals surface area (Å²) >= 11 is 0. The first kappa shape index (κ1) is 12.1. The smallest absolute Gasteiger partial charge is 0.303 e. The molecule has 0 rings (SSSR count). The Morgan fingerprint density at radius 3 is 1.42 bits per heavy atom. The molecule has 0 radical (unpaired) electrons. The second kappa shape index (κ2) is 6.61. The van der Waals surface area contributed by atoms with Gasteiger partial charge in [0.1, 0.15) is 0 Å². The van der Waals surface area contributed by atoms with Gasteiger partial charge in [0.15, 0.2) is 0 Å². The van der Waals surface area contributed by atoms with Crippen LogP contribution in [0.4, 0.5) is 0 Å². The lowest BCUT2D eigenvalue weighted by molar-refractivity contribution is 0.162. The Kier molecular flexibility index (Phi) is 6.67. The highest BCUT2D eigenvalue weighted by Gasteiger charge is 2.19. The van der Waals surface area contributed by atoms with E-state index in [1.807, 2.05) is 20.8 Å². The molecule has 0 aromatic carbocycles. The summed E-state index contributed by atoms with van der Waals surface area (Å²) in [6.45, 7) is 7.38. The van der Waals surface area contributed by atoms with Crippen LogP contribution in [0, 0.1) is 0 Å². The fraction of sp³-hybridized carbons (Fsp3) is 1.00. The maximum absolute atomic E-state index is 5.36. The van der Waals surface area contributed by atoms with Crippen molar-refractivity contribution < 1.29 is 13.6 Å². The maximum Gasteiger partial charge on any atom is 0.355 e. The molecule has 0 amide bonds. The molecular weight excluding hydrogens is 177 g/mol. The van der Waals surface area contributed by atoms with Crippen LogP contribution in [0.3, 0.4) is 0 Å². The van der Waals surface area contributed by atoms with E-state index in [-0.39, 0.29) is 0 Å². The zero-order valence-electron chi connectivity index (χ0n) is 8.24. The second-order valence-corrected chi connectivity index (χ2v) is 4.03. The van der Waals surface area contributed by atoms with E-state index in [0.717, 1.165) is 0 Å². The molecule has 0 bridgehead atoms. The summed E-state index contributed by atoms with van der Waals surface area (Å²) < 4.78 is 20.1. The Morgan fingerprint density at radius 2 is 1.25 bits per heavy atom. The van der Waals surface area contributed by atoms with Crippen LogP contribution in [-0.2, 0) is 13.6 Å². The van der Waals surface area contributed by atoms with E-state index >= 15 is 0 Å². The van der Waals surface area contributed by atoms with Gasteiger partial charge in [0.2, 0.25) is 0 Å². The van der Waals surface area contributed by atoms with Crippen LogP contribution in [0.1, 0.15) is 20.8 Å². The number of nitrogens with zero attached hydrogens (tertiary/aromatic N) is 1. The molecule has 0 N–H and O–H groups in total. The summed E-state index contributed by atoms with van der Waals surface area (Å²) in [5, 5.41) is 0. The van der Waals surface area contributed by atoms with E-state index < -0.39 is 7.74 Å². The minimum Gasteiger partial charge on any atom is -0.303 e. The number of rotatable bonds is 6. The molecule has 0 aromatic heterocycles. The average Bonchev–Trinajstić information content (AvgIpc) is 2.06. The number of hydrogen-bond donors (Lipinski definition) is 0. The quantitative estimate of drug-likeness (QED) is 0.612. The van der Waals surface area contributed by atoms with Crippen molar-refractivity contribution in [2.45, 2.75) is 20.8 Å². The summed E-state index contributed by atoms with van der Waals surface area (Å²) in [5.74, 6) is 0. The van der Waals surface area contributed by atoms with Crippen LogP contribution in [0.15, 0.2) is 4.74 Å². The monoisotopic (exact) mass is 195 g/mol. The summed E-state index contributed by atoms with van der Waals surface area (Å²) in [5.41, 5.74) is 0. The summed E-state index contributed by atoms with van der Waals surface area (Å²) in [6.07, 6.45) is 0. The average molecular weight is 195 g/mol. The summed E-state index contributed by atoms with van der Waals surface area (Å²) in [6, 6.07) is 0. The molecule has 5 heteroatoms. The van der Waals surface area contributed by atoms with Gasteiger partial charge in [0, 0.05) is 7.05 Å². The van der Waals surface area contributed by atoms with Gasteiger partial charge in [-0.2, -0.15) is 0 Å². The Morgan fingerprint density at radius 1 is 0.917 bits per heavy atom. The van der Waals surface area contributed by atoms with Gasteiger partial charge in [-0.3, -0.25) is 0 Å². The van der Waals surface area contributed by atoms with Gasteiger partial charge in [0.05, 0.1) is 19.8 Å². The van der Waals surface area contributed by atoms with E-state index in [1.165, 1.54) is 0 Å². The molecule has 0 unspecified atom stereocenters.